The summed E-state index contributed by atoms with van der Waals surface area (Å²) in [7, 11) is 0. The Hall–Kier alpha value is -0.620. The van der Waals surface area contributed by atoms with E-state index in [2.05, 4.69) is 6.92 Å². The monoisotopic (exact) mass is 372 g/mol. The van der Waals surface area contributed by atoms with Crippen LogP contribution in [-0.4, -0.2) is 52.9 Å². The molecule has 0 radical (unpaired) electrons. The van der Waals surface area contributed by atoms with E-state index in [4.69, 9.17) is 9.47 Å². The zero-order valence-electron chi connectivity index (χ0n) is 16.5. The Kier molecular flexibility index (Phi) is 13.9. The summed E-state index contributed by atoms with van der Waals surface area (Å²) in [5, 5.41) is 28.9. The number of unbranched alkanes of at least 4 members (excludes halogenated alkanes) is 11. The topological polar surface area (TPSA) is 79.2 Å². The Morgan fingerprint density at radius 2 is 1.54 bits per heavy atom. The smallest absolute Gasteiger partial charge is 0.117 e. The van der Waals surface area contributed by atoms with Gasteiger partial charge in [-0.15, -0.1) is 0 Å². The minimum Gasteiger partial charge on any atom is -0.499 e. The number of hydrogen-bond donors (Lipinski definition) is 3. The first kappa shape index (κ1) is 23.4. The number of ether oxygens (including phenoxy) is 2. The van der Waals surface area contributed by atoms with E-state index >= 15 is 0 Å². The standard InChI is InChI=1S/C21H40O5/c1-2-3-4-5-6-7-8-9-10-11-12-13-14-15-25-16-19(23)21-20(24)18(22)17-26-21/h14-15,18-24H,2-13,16-17H2,1H3/b15-14+/t18-,19+,20+,21+/m1/s1. The molecule has 5 heteroatoms. The van der Waals surface area contributed by atoms with Crippen LogP contribution in [0.5, 0.6) is 0 Å². The molecule has 1 heterocycles. The molecule has 0 saturated carbocycles. The number of aliphatic hydroxyl groups is 3. The maximum absolute atomic E-state index is 9.89. The van der Waals surface area contributed by atoms with Crippen molar-refractivity contribution in [3.05, 3.63) is 12.3 Å². The highest BCUT2D eigenvalue weighted by Crippen LogP contribution is 2.18. The van der Waals surface area contributed by atoms with E-state index in [1.807, 2.05) is 6.08 Å². The van der Waals surface area contributed by atoms with Crippen molar-refractivity contribution in [1.29, 1.82) is 0 Å². The van der Waals surface area contributed by atoms with Gasteiger partial charge in [0.25, 0.3) is 0 Å². The van der Waals surface area contributed by atoms with Crippen LogP contribution in [0.3, 0.4) is 0 Å². The van der Waals surface area contributed by atoms with E-state index in [9.17, 15) is 15.3 Å². The number of hydrogen-bond acceptors (Lipinski definition) is 5. The van der Waals surface area contributed by atoms with E-state index in [0.717, 1.165) is 12.8 Å². The lowest BCUT2D eigenvalue weighted by Crippen LogP contribution is -2.40. The Labute approximate surface area is 159 Å². The summed E-state index contributed by atoms with van der Waals surface area (Å²) in [5.74, 6) is 0. The molecule has 1 saturated heterocycles. The predicted molar refractivity (Wildman–Crippen MR) is 104 cm³/mol. The molecule has 0 bridgehead atoms. The lowest BCUT2D eigenvalue weighted by molar-refractivity contribution is -0.0703. The van der Waals surface area contributed by atoms with Gasteiger partial charge < -0.3 is 24.8 Å². The van der Waals surface area contributed by atoms with Crippen molar-refractivity contribution in [3.63, 3.8) is 0 Å². The average molecular weight is 373 g/mol. The van der Waals surface area contributed by atoms with E-state index < -0.39 is 24.4 Å². The van der Waals surface area contributed by atoms with Crippen LogP contribution < -0.4 is 0 Å². The molecule has 0 aromatic rings. The van der Waals surface area contributed by atoms with Crippen molar-refractivity contribution in [2.24, 2.45) is 0 Å². The minimum atomic E-state index is -1.05. The van der Waals surface area contributed by atoms with Gasteiger partial charge in [0.05, 0.1) is 12.9 Å². The van der Waals surface area contributed by atoms with Gasteiger partial charge in [0.2, 0.25) is 0 Å². The van der Waals surface area contributed by atoms with Gasteiger partial charge in [0.1, 0.15) is 31.0 Å². The summed E-state index contributed by atoms with van der Waals surface area (Å²) in [4.78, 5) is 0. The van der Waals surface area contributed by atoms with Crippen molar-refractivity contribution in [1.82, 2.24) is 0 Å². The summed E-state index contributed by atoms with van der Waals surface area (Å²) in [6, 6.07) is 0. The number of rotatable bonds is 16. The highest BCUT2D eigenvalue weighted by molar-refractivity contribution is 4.88. The van der Waals surface area contributed by atoms with E-state index in [1.165, 1.54) is 64.2 Å². The highest BCUT2D eigenvalue weighted by Gasteiger charge is 2.39. The summed E-state index contributed by atoms with van der Waals surface area (Å²) in [5.41, 5.74) is 0. The molecule has 154 valence electrons. The van der Waals surface area contributed by atoms with Gasteiger partial charge in [0, 0.05) is 0 Å². The van der Waals surface area contributed by atoms with Crippen LogP contribution in [0.25, 0.3) is 0 Å². The molecule has 0 spiro atoms. The number of allylic oxidation sites excluding steroid dienone is 1. The third kappa shape index (κ3) is 10.5. The molecule has 1 fully saturated rings. The summed E-state index contributed by atoms with van der Waals surface area (Å²) >= 11 is 0. The van der Waals surface area contributed by atoms with Crippen LogP contribution in [0.15, 0.2) is 12.3 Å². The van der Waals surface area contributed by atoms with Gasteiger partial charge in [-0.05, 0) is 18.9 Å². The maximum Gasteiger partial charge on any atom is 0.117 e. The molecule has 0 aromatic carbocycles. The van der Waals surface area contributed by atoms with Crippen molar-refractivity contribution >= 4 is 0 Å². The summed E-state index contributed by atoms with van der Waals surface area (Å²) < 4.78 is 10.4. The van der Waals surface area contributed by atoms with Crippen LogP contribution in [-0.2, 0) is 9.47 Å². The van der Waals surface area contributed by atoms with Gasteiger partial charge in [-0.25, -0.2) is 0 Å². The zero-order valence-corrected chi connectivity index (χ0v) is 16.5. The van der Waals surface area contributed by atoms with Crippen LogP contribution in [0.4, 0.5) is 0 Å². The minimum absolute atomic E-state index is 0.0532. The van der Waals surface area contributed by atoms with Gasteiger partial charge >= 0.3 is 0 Å². The van der Waals surface area contributed by atoms with E-state index in [-0.39, 0.29) is 13.2 Å². The summed E-state index contributed by atoms with van der Waals surface area (Å²) in [6.07, 6.45) is 15.6. The average Bonchev–Trinajstić information content (AvgIpc) is 2.97. The van der Waals surface area contributed by atoms with Crippen molar-refractivity contribution < 1.29 is 24.8 Å². The molecule has 0 aromatic heterocycles. The molecule has 0 amide bonds. The summed E-state index contributed by atoms with van der Waals surface area (Å²) in [6.45, 7) is 2.37. The first-order valence-electron chi connectivity index (χ1n) is 10.6. The van der Waals surface area contributed by atoms with E-state index in [1.54, 1.807) is 6.26 Å². The zero-order chi connectivity index (χ0) is 19.0. The van der Waals surface area contributed by atoms with Gasteiger partial charge in [-0.2, -0.15) is 0 Å². The van der Waals surface area contributed by atoms with Crippen LogP contribution in [0.2, 0.25) is 0 Å². The largest absolute Gasteiger partial charge is 0.499 e. The van der Waals surface area contributed by atoms with Gasteiger partial charge in [-0.1, -0.05) is 71.1 Å². The van der Waals surface area contributed by atoms with Crippen LogP contribution in [0.1, 0.15) is 84.0 Å². The highest BCUT2D eigenvalue weighted by atomic mass is 16.5. The molecule has 4 atom stereocenters. The second kappa shape index (κ2) is 15.4. The Morgan fingerprint density at radius 3 is 2.08 bits per heavy atom. The third-order valence-electron chi connectivity index (χ3n) is 5.00. The molecule has 0 aliphatic carbocycles. The molecule has 1 aliphatic rings. The first-order valence-corrected chi connectivity index (χ1v) is 10.6. The van der Waals surface area contributed by atoms with Crippen LogP contribution in [0, 0.1) is 0 Å². The Morgan fingerprint density at radius 1 is 0.962 bits per heavy atom. The maximum atomic E-state index is 9.89. The predicted octanol–water partition coefficient (Wildman–Crippen LogP) is 3.70. The quantitative estimate of drug-likeness (QED) is 0.284. The molecule has 1 aliphatic heterocycles. The SMILES string of the molecule is CCCCCCCCCCCCC/C=C/OC[C@H](O)[C@@H]1OC[C@@H](O)[C@@H]1O. The molecule has 3 N–H and O–H groups in total. The van der Waals surface area contributed by atoms with Gasteiger partial charge in [0.15, 0.2) is 0 Å². The lowest BCUT2D eigenvalue weighted by Gasteiger charge is -2.20. The third-order valence-corrected chi connectivity index (χ3v) is 5.00. The Balaban J connectivity index is 1.85. The van der Waals surface area contributed by atoms with Gasteiger partial charge in [-0.3, -0.25) is 0 Å². The molecular weight excluding hydrogens is 332 g/mol. The van der Waals surface area contributed by atoms with Crippen molar-refractivity contribution in [3.8, 4) is 0 Å². The van der Waals surface area contributed by atoms with Crippen LogP contribution >= 0.6 is 0 Å². The van der Waals surface area contributed by atoms with Crippen molar-refractivity contribution in [2.75, 3.05) is 13.2 Å². The van der Waals surface area contributed by atoms with Crippen molar-refractivity contribution in [2.45, 2.75) is 108 Å². The number of aliphatic hydroxyl groups excluding tert-OH is 3. The van der Waals surface area contributed by atoms with E-state index in [0.29, 0.717) is 0 Å². The second-order valence-corrected chi connectivity index (χ2v) is 7.45. The molecular formula is C21H40O5. The Bertz CT molecular complexity index is 347. The lowest BCUT2D eigenvalue weighted by atomic mass is 10.1. The fraction of sp³-hybridized carbons (Fsp3) is 0.905. The first-order chi connectivity index (χ1) is 12.7. The molecule has 1 rings (SSSR count). The normalized spacial score (nSPS) is 24.4. The molecule has 0 unspecified atom stereocenters. The fourth-order valence-corrected chi connectivity index (χ4v) is 3.28. The molecule has 5 nitrogen and oxygen atoms in total. The fourth-order valence-electron chi connectivity index (χ4n) is 3.28. The second-order valence-electron chi connectivity index (χ2n) is 7.45. The molecule has 26 heavy (non-hydrogen) atoms.